The first-order valence-electron chi connectivity index (χ1n) is 6.64. The van der Waals surface area contributed by atoms with E-state index in [4.69, 9.17) is 0 Å². The van der Waals surface area contributed by atoms with Gasteiger partial charge >= 0.3 is 0 Å². The Morgan fingerprint density at radius 2 is 1.95 bits per heavy atom. The molecule has 2 aromatic rings. The molecule has 0 unspecified atom stereocenters. The van der Waals surface area contributed by atoms with Gasteiger partial charge in [-0.25, -0.2) is 0 Å². The van der Waals surface area contributed by atoms with Crippen LogP contribution in [-0.4, -0.2) is 47.3 Å². The van der Waals surface area contributed by atoms with Gasteiger partial charge in [0.1, 0.15) is 0 Å². The molecule has 0 atom stereocenters. The van der Waals surface area contributed by atoms with Crippen molar-refractivity contribution in [1.29, 1.82) is 0 Å². The van der Waals surface area contributed by atoms with Gasteiger partial charge in [0.2, 0.25) is 5.95 Å². The minimum absolute atomic E-state index is 0.546. The molecule has 2 N–H and O–H groups in total. The van der Waals surface area contributed by atoms with Gasteiger partial charge < -0.3 is 15.5 Å². The van der Waals surface area contributed by atoms with Gasteiger partial charge in [0.15, 0.2) is 5.82 Å². The zero-order valence-electron chi connectivity index (χ0n) is 11.9. The molecular weight excluding hydrogens is 252 g/mol. The number of para-hydroxylation sites is 1. The summed E-state index contributed by atoms with van der Waals surface area (Å²) in [7, 11) is 4.12. The third-order valence-electron chi connectivity index (χ3n) is 2.67. The third-order valence-corrected chi connectivity index (χ3v) is 2.67. The normalized spacial score (nSPS) is 10.6. The molecule has 0 saturated heterocycles. The van der Waals surface area contributed by atoms with Crippen LogP contribution in [0, 0.1) is 0 Å². The van der Waals surface area contributed by atoms with E-state index >= 15 is 0 Å². The molecular formula is C14H20N6. The standard InChI is InChI=1S/C14H20N6/c1-20(2)10-6-9-15-14-18-13(11-16-19-14)17-12-7-4-3-5-8-12/h3-5,7-8,11H,6,9-10H2,1-2H3,(H2,15,17,18,19). The molecule has 0 bridgehead atoms. The topological polar surface area (TPSA) is 66.0 Å². The van der Waals surface area contributed by atoms with E-state index in [1.165, 1.54) is 0 Å². The number of anilines is 3. The van der Waals surface area contributed by atoms with Gasteiger partial charge in [0, 0.05) is 12.2 Å². The molecule has 1 aromatic carbocycles. The second-order valence-corrected chi connectivity index (χ2v) is 4.74. The van der Waals surface area contributed by atoms with Crippen molar-refractivity contribution in [3.63, 3.8) is 0 Å². The van der Waals surface area contributed by atoms with E-state index in [0.717, 1.165) is 25.2 Å². The number of nitrogens with zero attached hydrogens (tertiary/aromatic N) is 4. The number of hydrogen-bond donors (Lipinski definition) is 2. The summed E-state index contributed by atoms with van der Waals surface area (Å²) in [5.41, 5.74) is 0.978. The third kappa shape index (κ3) is 4.81. The van der Waals surface area contributed by atoms with Crippen LogP contribution in [0.1, 0.15) is 6.42 Å². The van der Waals surface area contributed by atoms with Gasteiger partial charge in [-0.2, -0.15) is 10.1 Å². The summed E-state index contributed by atoms with van der Waals surface area (Å²) in [6.45, 7) is 1.86. The largest absolute Gasteiger partial charge is 0.353 e. The Balaban J connectivity index is 1.88. The minimum Gasteiger partial charge on any atom is -0.353 e. The van der Waals surface area contributed by atoms with Crippen LogP contribution >= 0.6 is 0 Å². The molecule has 0 aliphatic rings. The van der Waals surface area contributed by atoms with Gasteiger partial charge in [0.05, 0.1) is 6.20 Å². The number of rotatable bonds is 7. The molecule has 0 spiro atoms. The van der Waals surface area contributed by atoms with E-state index in [1.807, 2.05) is 30.3 Å². The van der Waals surface area contributed by atoms with E-state index in [0.29, 0.717) is 11.8 Å². The number of hydrogen-bond acceptors (Lipinski definition) is 6. The SMILES string of the molecule is CN(C)CCCNc1nncc(Nc2ccccc2)n1. The average Bonchev–Trinajstić information content (AvgIpc) is 2.45. The van der Waals surface area contributed by atoms with Gasteiger partial charge in [0.25, 0.3) is 0 Å². The average molecular weight is 272 g/mol. The Hall–Kier alpha value is -2.21. The van der Waals surface area contributed by atoms with Crippen LogP contribution < -0.4 is 10.6 Å². The smallest absolute Gasteiger partial charge is 0.244 e. The van der Waals surface area contributed by atoms with Gasteiger partial charge in [-0.1, -0.05) is 18.2 Å². The fourth-order valence-electron chi connectivity index (χ4n) is 1.70. The number of benzene rings is 1. The maximum Gasteiger partial charge on any atom is 0.244 e. The second kappa shape index (κ2) is 7.40. The van der Waals surface area contributed by atoms with Crippen LogP contribution in [0.15, 0.2) is 36.5 Å². The molecule has 0 aliphatic carbocycles. The van der Waals surface area contributed by atoms with Crippen molar-refractivity contribution in [2.24, 2.45) is 0 Å². The van der Waals surface area contributed by atoms with Gasteiger partial charge in [-0.3, -0.25) is 0 Å². The van der Waals surface area contributed by atoms with E-state index in [-0.39, 0.29) is 0 Å². The molecule has 0 saturated carbocycles. The molecule has 106 valence electrons. The minimum atomic E-state index is 0.546. The molecule has 1 aromatic heterocycles. The summed E-state index contributed by atoms with van der Waals surface area (Å²) in [4.78, 5) is 6.52. The van der Waals surface area contributed by atoms with Crippen molar-refractivity contribution >= 4 is 17.5 Å². The van der Waals surface area contributed by atoms with E-state index in [2.05, 4.69) is 44.8 Å². The molecule has 2 rings (SSSR count). The molecule has 20 heavy (non-hydrogen) atoms. The first kappa shape index (κ1) is 14.2. The summed E-state index contributed by atoms with van der Waals surface area (Å²) >= 11 is 0. The summed E-state index contributed by atoms with van der Waals surface area (Å²) in [5.74, 6) is 1.23. The van der Waals surface area contributed by atoms with Crippen molar-refractivity contribution in [2.75, 3.05) is 37.8 Å². The van der Waals surface area contributed by atoms with Crippen molar-refractivity contribution in [3.8, 4) is 0 Å². The van der Waals surface area contributed by atoms with Crippen LogP contribution in [0.4, 0.5) is 17.5 Å². The van der Waals surface area contributed by atoms with E-state index in [1.54, 1.807) is 6.20 Å². The molecule has 0 aliphatic heterocycles. The van der Waals surface area contributed by atoms with Crippen LogP contribution in [0.25, 0.3) is 0 Å². The van der Waals surface area contributed by atoms with Gasteiger partial charge in [-0.05, 0) is 39.2 Å². The predicted octanol–water partition coefficient (Wildman–Crippen LogP) is 1.98. The molecule has 1 heterocycles. The first-order chi connectivity index (χ1) is 9.74. The Bertz CT molecular complexity index is 514. The molecule has 6 nitrogen and oxygen atoms in total. The highest BCUT2D eigenvalue weighted by Crippen LogP contribution is 2.13. The zero-order valence-corrected chi connectivity index (χ0v) is 11.9. The van der Waals surface area contributed by atoms with Crippen LogP contribution in [0.2, 0.25) is 0 Å². The predicted molar refractivity (Wildman–Crippen MR) is 81.2 cm³/mol. The molecule has 0 radical (unpaired) electrons. The van der Waals surface area contributed by atoms with E-state index in [9.17, 15) is 0 Å². The zero-order chi connectivity index (χ0) is 14.2. The molecule has 0 amide bonds. The monoisotopic (exact) mass is 272 g/mol. The van der Waals surface area contributed by atoms with Crippen LogP contribution in [-0.2, 0) is 0 Å². The lowest BCUT2D eigenvalue weighted by Crippen LogP contribution is -2.17. The summed E-state index contributed by atoms with van der Waals surface area (Å²) in [6, 6.07) is 9.87. The quantitative estimate of drug-likeness (QED) is 0.751. The maximum absolute atomic E-state index is 4.38. The Kier molecular flexibility index (Phi) is 5.25. The highest BCUT2D eigenvalue weighted by atomic mass is 15.3. The van der Waals surface area contributed by atoms with Crippen LogP contribution in [0.3, 0.4) is 0 Å². The first-order valence-corrected chi connectivity index (χ1v) is 6.64. The van der Waals surface area contributed by atoms with Crippen LogP contribution in [0.5, 0.6) is 0 Å². The Morgan fingerprint density at radius 3 is 2.70 bits per heavy atom. The fraction of sp³-hybridized carbons (Fsp3) is 0.357. The van der Waals surface area contributed by atoms with Gasteiger partial charge in [-0.15, -0.1) is 5.10 Å². The highest BCUT2D eigenvalue weighted by molar-refractivity contribution is 5.55. The fourth-order valence-corrected chi connectivity index (χ4v) is 1.70. The van der Waals surface area contributed by atoms with Crippen molar-refractivity contribution in [1.82, 2.24) is 20.1 Å². The number of nitrogens with one attached hydrogen (secondary N) is 2. The van der Waals surface area contributed by atoms with Crippen molar-refractivity contribution in [2.45, 2.75) is 6.42 Å². The summed E-state index contributed by atoms with van der Waals surface area (Å²) < 4.78 is 0. The maximum atomic E-state index is 4.38. The lowest BCUT2D eigenvalue weighted by molar-refractivity contribution is 0.405. The van der Waals surface area contributed by atoms with Crippen molar-refractivity contribution in [3.05, 3.63) is 36.5 Å². The number of aromatic nitrogens is 3. The second-order valence-electron chi connectivity index (χ2n) is 4.74. The molecule has 6 heteroatoms. The summed E-state index contributed by atoms with van der Waals surface area (Å²) in [5, 5.41) is 14.3. The molecule has 0 fully saturated rings. The lowest BCUT2D eigenvalue weighted by atomic mass is 10.3. The lowest BCUT2D eigenvalue weighted by Gasteiger charge is -2.10. The summed E-state index contributed by atoms with van der Waals surface area (Å²) in [6.07, 6.45) is 2.64. The Morgan fingerprint density at radius 1 is 1.15 bits per heavy atom. The highest BCUT2D eigenvalue weighted by Gasteiger charge is 2.00. The van der Waals surface area contributed by atoms with E-state index < -0.39 is 0 Å². The van der Waals surface area contributed by atoms with Crippen molar-refractivity contribution < 1.29 is 0 Å². The Labute approximate surface area is 119 Å².